The number of hydrogen-bond acceptors (Lipinski definition) is 4. The second-order valence-corrected chi connectivity index (χ2v) is 11.5. The smallest absolute Gasteiger partial charge is 0.271 e. The summed E-state index contributed by atoms with van der Waals surface area (Å²) in [6, 6.07) is 31.8. The van der Waals surface area contributed by atoms with Gasteiger partial charge < -0.3 is 4.42 Å². The number of furan rings is 1. The lowest BCUT2D eigenvalue weighted by Gasteiger charge is -2.31. The molecule has 40 heavy (non-hydrogen) atoms. The predicted octanol–water partition coefficient (Wildman–Crippen LogP) is 7.40. The highest BCUT2D eigenvalue weighted by Crippen LogP contribution is 2.41. The van der Waals surface area contributed by atoms with Gasteiger partial charge >= 0.3 is 0 Å². The number of fused-ring (bicyclic) bond motifs is 1. The van der Waals surface area contributed by atoms with Crippen molar-refractivity contribution in [2.24, 2.45) is 4.99 Å². The maximum atomic E-state index is 14.0. The normalized spacial score (nSPS) is 18.0. The van der Waals surface area contributed by atoms with E-state index in [0.717, 1.165) is 47.4 Å². The first-order chi connectivity index (χ1) is 19.6. The van der Waals surface area contributed by atoms with Crippen molar-refractivity contribution in [1.82, 2.24) is 4.57 Å². The van der Waals surface area contributed by atoms with Gasteiger partial charge in [0, 0.05) is 16.7 Å². The molecular weight excluding hydrogens is 536 g/mol. The molecule has 7 rings (SSSR count). The minimum Gasteiger partial charge on any atom is -0.457 e. The van der Waals surface area contributed by atoms with E-state index in [-0.39, 0.29) is 11.6 Å². The van der Waals surface area contributed by atoms with Crippen molar-refractivity contribution in [3.05, 3.63) is 156 Å². The summed E-state index contributed by atoms with van der Waals surface area (Å²) < 4.78 is 8.58. The van der Waals surface area contributed by atoms with Crippen LogP contribution in [0.15, 0.2) is 128 Å². The Morgan fingerprint density at radius 1 is 0.875 bits per heavy atom. The van der Waals surface area contributed by atoms with Gasteiger partial charge in [-0.3, -0.25) is 9.36 Å². The first kappa shape index (κ1) is 24.8. The molecule has 1 unspecified atom stereocenters. The van der Waals surface area contributed by atoms with Crippen molar-refractivity contribution in [2.45, 2.75) is 25.3 Å². The molecule has 0 fully saturated rings. The average molecular weight is 561 g/mol. The van der Waals surface area contributed by atoms with Gasteiger partial charge in [-0.15, -0.1) is 0 Å². The van der Waals surface area contributed by atoms with Crippen LogP contribution in [-0.4, -0.2) is 4.57 Å². The summed E-state index contributed by atoms with van der Waals surface area (Å²) in [6.07, 6.45) is 6.98. The molecule has 3 heterocycles. The van der Waals surface area contributed by atoms with E-state index in [4.69, 9.17) is 21.0 Å². The Morgan fingerprint density at radius 3 is 2.40 bits per heavy atom. The molecule has 3 aromatic carbocycles. The van der Waals surface area contributed by atoms with Gasteiger partial charge in [-0.25, -0.2) is 4.99 Å². The quantitative estimate of drug-likeness (QED) is 0.230. The molecule has 0 saturated carbocycles. The van der Waals surface area contributed by atoms with Crippen molar-refractivity contribution < 1.29 is 4.42 Å². The van der Waals surface area contributed by atoms with Gasteiger partial charge in [-0.1, -0.05) is 83.6 Å². The summed E-state index contributed by atoms with van der Waals surface area (Å²) in [6.45, 7) is 0. The van der Waals surface area contributed by atoms with Crippen LogP contribution in [0.2, 0.25) is 5.02 Å². The van der Waals surface area contributed by atoms with Gasteiger partial charge in [0.2, 0.25) is 0 Å². The Bertz CT molecular complexity index is 1950. The van der Waals surface area contributed by atoms with E-state index in [1.165, 1.54) is 22.5 Å². The topological polar surface area (TPSA) is 47.5 Å². The number of allylic oxidation sites excluding steroid dienone is 2. The molecule has 0 N–H and O–H groups in total. The molecule has 1 aliphatic heterocycles. The predicted molar refractivity (Wildman–Crippen MR) is 162 cm³/mol. The van der Waals surface area contributed by atoms with Crippen LogP contribution in [-0.2, 0) is 0 Å². The third-order valence-corrected chi connectivity index (χ3v) is 8.65. The van der Waals surface area contributed by atoms with Crippen LogP contribution < -0.4 is 14.9 Å². The molecule has 1 atom stereocenters. The highest BCUT2D eigenvalue weighted by atomic mass is 35.5. The maximum Gasteiger partial charge on any atom is 0.271 e. The van der Waals surface area contributed by atoms with E-state index >= 15 is 0 Å². The van der Waals surface area contributed by atoms with E-state index in [1.54, 1.807) is 0 Å². The Morgan fingerprint density at radius 2 is 1.62 bits per heavy atom. The third-order valence-electron chi connectivity index (χ3n) is 7.42. The van der Waals surface area contributed by atoms with Gasteiger partial charge in [-0.05, 0) is 84.0 Å². The molecule has 5 aromatic rings. The summed E-state index contributed by atoms with van der Waals surface area (Å²) in [4.78, 5) is 19.8. The SMILES string of the molecule is O=c1/c(=C\c2ccc(-c3ccc(Cl)cc3)o2)sc2n1C(c1ccccc1)C1=C(N=2)/C(=C/c2ccccc2)CCC1. The van der Waals surface area contributed by atoms with E-state index in [1.807, 2.05) is 71.3 Å². The molecule has 0 radical (unpaired) electrons. The Kier molecular flexibility index (Phi) is 6.46. The third kappa shape index (κ3) is 4.61. The number of rotatable bonds is 4. The highest BCUT2D eigenvalue weighted by Gasteiger charge is 2.32. The number of aromatic nitrogens is 1. The van der Waals surface area contributed by atoms with E-state index < -0.39 is 0 Å². The van der Waals surface area contributed by atoms with Gasteiger partial charge in [0.15, 0.2) is 4.80 Å². The fourth-order valence-electron chi connectivity index (χ4n) is 5.57. The maximum absolute atomic E-state index is 14.0. The van der Waals surface area contributed by atoms with Crippen LogP contribution in [0, 0.1) is 0 Å². The molecule has 2 aromatic heterocycles. The highest BCUT2D eigenvalue weighted by molar-refractivity contribution is 7.07. The van der Waals surface area contributed by atoms with Crippen LogP contribution >= 0.6 is 22.9 Å². The molecule has 0 spiro atoms. The fraction of sp³-hybridized carbons (Fsp3) is 0.118. The zero-order chi connectivity index (χ0) is 27.1. The lowest BCUT2D eigenvalue weighted by molar-refractivity contribution is 0.553. The van der Waals surface area contributed by atoms with Crippen LogP contribution in [0.5, 0.6) is 0 Å². The number of thiazole rings is 1. The number of hydrogen-bond donors (Lipinski definition) is 0. The second kappa shape index (κ2) is 10.4. The lowest BCUT2D eigenvalue weighted by Crippen LogP contribution is -2.39. The van der Waals surface area contributed by atoms with E-state index in [0.29, 0.717) is 20.1 Å². The molecule has 1 aliphatic carbocycles. The fourth-order valence-corrected chi connectivity index (χ4v) is 6.68. The average Bonchev–Trinajstić information content (AvgIpc) is 3.58. The Hall–Kier alpha value is -4.19. The molecule has 4 nitrogen and oxygen atoms in total. The second-order valence-electron chi connectivity index (χ2n) is 10.0. The molecule has 6 heteroatoms. The standard InChI is InChI=1S/C34H25ClN2O2S/c35-26-16-14-23(15-17-26)29-19-18-27(39-29)21-30-33(38)37-32(24-10-5-2-6-11-24)28-13-7-12-25(31(28)36-34(37)40-30)20-22-8-3-1-4-9-22/h1-6,8-11,14-21,32H,7,12-13H2/b25-20+,30-21+. The van der Waals surface area contributed by atoms with Gasteiger partial charge in [0.1, 0.15) is 11.5 Å². The molecule has 2 aliphatic rings. The zero-order valence-electron chi connectivity index (χ0n) is 21.6. The number of halogens is 1. The molecule has 196 valence electrons. The molecular formula is C34H25ClN2O2S. The lowest BCUT2D eigenvalue weighted by atomic mass is 9.84. The Balaban J connectivity index is 1.37. The minimum atomic E-state index is -0.185. The monoisotopic (exact) mass is 560 g/mol. The number of benzene rings is 3. The summed E-state index contributed by atoms with van der Waals surface area (Å²) in [5.74, 6) is 1.35. The van der Waals surface area contributed by atoms with Crippen LogP contribution in [0.1, 0.15) is 42.2 Å². The van der Waals surface area contributed by atoms with Crippen molar-refractivity contribution in [3.63, 3.8) is 0 Å². The van der Waals surface area contributed by atoms with Crippen molar-refractivity contribution in [1.29, 1.82) is 0 Å². The summed E-state index contributed by atoms with van der Waals surface area (Å²) >= 11 is 7.46. The van der Waals surface area contributed by atoms with Gasteiger partial charge in [-0.2, -0.15) is 0 Å². The first-order valence-corrected chi connectivity index (χ1v) is 14.5. The van der Waals surface area contributed by atoms with Crippen LogP contribution in [0.4, 0.5) is 0 Å². The number of nitrogens with zero attached hydrogens (tertiary/aromatic N) is 2. The molecule has 0 saturated heterocycles. The van der Waals surface area contributed by atoms with E-state index in [9.17, 15) is 4.79 Å². The first-order valence-electron chi connectivity index (χ1n) is 13.4. The van der Waals surface area contributed by atoms with Gasteiger partial charge in [0.05, 0.1) is 16.3 Å². The van der Waals surface area contributed by atoms with Crippen LogP contribution in [0.25, 0.3) is 23.5 Å². The van der Waals surface area contributed by atoms with Crippen molar-refractivity contribution in [3.8, 4) is 11.3 Å². The molecule has 0 bridgehead atoms. The summed E-state index contributed by atoms with van der Waals surface area (Å²) in [7, 11) is 0. The Labute approximate surface area is 240 Å². The zero-order valence-corrected chi connectivity index (χ0v) is 23.2. The molecule has 0 amide bonds. The van der Waals surface area contributed by atoms with Gasteiger partial charge in [0.25, 0.3) is 5.56 Å². The largest absolute Gasteiger partial charge is 0.457 e. The van der Waals surface area contributed by atoms with Crippen molar-refractivity contribution >= 4 is 35.1 Å². The van der Waals surface area contributed by atoms with Crippen LogP contribution in [0.3, 0.4) is 0 Å². The summed E-state index contributed by atoms with van der Waals surface area (Å²) in [5.41, 5.74) is 6.61. The minimum absolute atomic E-state index is 0.0484. The van der Waals surface area contributed by atoms with E-state index in [2.05, 4.69) is 42.5 Å². The summed E-state index contributed by atoms with van der Waals surface area (Å²) in [5, 5.41) is 0.675. The van der Waals surface area contributed by atoms with Crippen molar-refractivity contribution in [2.75, 3.05) is 0 Å².